The molecule has 2 fully saturated rings. The van der Waals surface area contributed by atoms with Gasteiger partial charge >= 0.3 is 0 Å². The van der Waals surface area contributed by atoms with Gasteiger partial charge in [0.25, 0.3) is 5.91 Å². The summed E-state index contributed by atoms with van der Waals surface area (Å²) in [6.45, 7) is 6.60. The van der Waals surface area contributed by atoms with Gasteiger partial charge in [0.2, 0.25) is 5.95 Å². The van der Waals surface area contributed by atoms with Crippen LogP contribution in [0.15, 0.2) is 23.5 Å². The average molecular weight is 313 g/mol. The van der Waals surface area contributed by atoms with Crippen molar-refractivity contribution in [3.8, 4) is 0 Å². The molecule has 6 heteroatoms. The number of rotatable bonds is 3. The molecule has 0 radical (unpaired) electrons. The van der Waals surface area contributed by atoms with Crippen LogP contribution in [0.3, 0.4) is 0 Å². The van der Waals surface area contributed by atoms with Gasteiger partial charge < -0.3 is 4.90 Å². The Balaban J connectivity index is 1.64. The van der Waals surface area contributed by atoms with E-state index >= 15 is 0 Å². The number of carbonyl (C=O) groups excluding carboxylic acids is 1. The number of hydrogen-bond acceptors (Lipinski definition) is 5. The van der Waals surface area contributed by atoms with Crippen LogP contribution in [0.2, 0.25) is 0 Å². The Morgan fingerprint density at radius 1 is 1.26 bits per heavy atom. The maximum absolute atomic E-state index is 13.1. The first-order valence-corrected chi connectivity index (χ1v) is 8.62. The van der Waals surface area contributed by atoms with Crippen molar-refractivity contribution in [2.24, 2.45) is 16.8 Å². The quantitative estimate of drug-likeness (QED) is 0.852. The second-order valence-corrected chi connectivity index (χ2v) is 6.71. The lowest BCUT2D eigenvalue weighted by molar-refractivity contribution is -0.132. The van der Waals surface area contributed by atoms with E-state index in [0.717, 1.165) is 50.7 Å². The van der Waals surface area contributed by atoms with Crippen molar-refractivity contribution in [2.45, 2.75) is 38.6 Å². The smallest absolute Gasteiger partial charge is 0.256 e. The fourth-order valence-corrected chi connectivity index (χ4v) is 4.60. The summed E-state index contributed by atoms with van der Waals surface area (Å²) in [7, 11) is 0. The molecule has 2 aliphatic heterocycles. The lowest BCUT2D eigenvalue weighted by Crippen LogP contribution is -2.46. The fraction of sp³-hybridized carbons (Fsp3) is 0.647. The van der Waals surface area contributed by atoms with Crippen molar-refractivity contribution < 1.29 is 4.79 Å². The van der Waals surface area contributed by atoms with Crippen molar-refractivity contribution >= 4 is 17.7 Å². The van der Waals surface area contributed by atoms with Crippen LogP contribution in [0.5, 0.6) is 0 Å². The van der Waals surface area contributed by atoms with Crippen molar-refractivity contribution in [2.75, 3.05) is 24.5 Å². The van der Waals surface area contributed by atoms with Crippen molar-refractivity contribution in [3.05, 3.63) is 18.5 Å². The Hall–Kier alpha value is -1.98. The first kappa shape index (κ1) is 14.6. The largest absolute Gasteiger partial charge is 0.340 e. The monoisotopic (exact) mass is 313 g/mol. The van der Waals surface area contributed by atoms with E-state index in [9.17, 15) is 4.79 Å². The lowest BCUT2D eigenvalue weighted by atomic mass is 9.85. The van der Waals surface area contributed by atoms with Gasteiger partial charge in [-0.1, -0.05) is 6.92 Å². The second-order valence-electron chi connectivity index (χ2n) is 6.71. The lowest BCUT2D eigenvalue weighted by Gasteiger charge is -2.27. The van der Waals surface area contributed by atoms with Crippen LogP contribution in [0.4, 0.5) is 5.95 Å². The van der Waals surface area contributed by atoms with Crippen LogP contribution in [0, 0.1) is 11.8 Å². The molecular weight excluding hydrogens is 290 g/mol. The average Bonchev–Trinajstić information content (AvgIpc) is 3.23. The summed E-state index contributed by atoms with van der Waals surface area (Å²) < 4.78 is 0. The molecule has 1 saturated heterocycles. The van der Waals surface area contributed by atoms with E-state index < -0.39 is 5.54 Å². The number of fused-ring (bicyclic) bond motifs is 2. The van der Waals surface area contributed by atoms with E-state index in [0.29, 0.717) is 5.92 Å². The highest BCUT2D eigenvalue weighted by molar-refractivity contribution is 6.08. The molecule has 1 saturated carbocycles. The van der Waals surface area contributed by atoms with E-state index in [2.05, 4.69) is 21.8 Å². The molecule has 0 N–H and O–H groups in total. The molecule has 1 aromatic rings. The summed E-state index contributed by atoms with van der Waals surface area (Å²) in [5, 5.41) is 0. The molecule has 1 amide bonds. The van der Waals surface area contributed by atoms with Gasteiger partial charge in [-0.05, 0) is 31.7 Å². The number of aromatic nitrogens is 2. The molecule has 1 aromatic heterocycles. The molecule has 0 aromatic carbocycles. The van der Waals surface area contributed by atoms with Crippen LogP contribution in [-0.4, -0.2) is 51.8 Å². The molecule has 23 heavy (non-hydrogen) atoms. The molecule has 3 heterocycles. The van der Waals surface area contributed by atoms with Gasteiger partial charge in [0, 0.05) is 44.4 Å². The molecule has 6 nitrogen and oxygen atoms in total. The minimum absolute atomic E-state index is 0.222. The fourth-order valence-electron chi connectivity index (χ4n) is 4.60. The second kappa shape index (κ2) is 5.28. The van der Waals surface area contributed by atoms with E-state index in [4.69, 9.17) is 4.99 Å². The topological polar surface area (TPSA) is 61.7 Å². The number of carbonyl (C=O) groups is 1. The van der Waals surface area contributed by atoms with Gasteiger partial charge in [-0.25, -0.2) is 9.97 Å². The number of likely N-dealkylation sites (N-methyl/N-ethyl adjacent to an activating group) is 1. The van der Waals surface area contributed by atoms with Crippen LogP contribution < -0.4 is 4.90 Å². The third-order valence-electron chi connectivity index (χ3n) is 5.67. The zero-order valence-electron chi connectivity index (χ0n) is 13.8. The summed E-state index contributed by atoms with van der Waals surface area (Å²) in [5.74, 6) is 2.76. The third kappa shape index (κ3) is 2.00. The van der Waals surface area contributed by atoms with Crippen LogP contribution in [0.25, 0.3) is 0 Å². The van der Waals surface area contributed by atoms with Crippen LogP contribution in [0.1, 0.15) is 33.1 Å². The van der Waals surface area contributed by atoms with Crippen molar-refractivity contribution in [1.29, 1.82) is 0 Å². The molecule has 122 valence electrons. The molecule has 1 spiro atoms. The number of aliphatic imine (C=N–C) groups is 1. The number of amidine groups is 1. The molecule has 4 rings (SSSR count). The highest BCUT2D eigenvalue weighted by atomic mass is 16.2. The number of amides is 1. The van der Waals surface area contributed by atoms with Crippen LogP contribution in [-0.2, 0) is 4.79 Å². The summed E-state index contributed by atoms with van der Waals surface area (Å²) in [5.41, 5.74) is -0.518. The summed E-state index contributed by atoms with van der Waals surface area (Å²) >= 11 is 0. The first-order chi connectivity index (χ1) is 11.2. The first-order valence-electron chi connectivity index (χ1n) is 8.62. The summed E-state index contributed by atoms with van der Waals surface area (Å²) in [4.78, 5) is 30.9. The Bertz CT molecular complexity index is 646. The van der Waals surface area contributed by atoms with Crippen molar-refractivity contribution in [3.63, 3.8) is 0 Å². The molecule has 0 unspecified atom stereocenters. The van der Waals surface area contributed by atoms with Gasteiger partial charge in [-0.3, -0.25) is 14.7 Å². The minimum atomic E-state index is -0.518. The van der Waals surface area contributed by atoms with Gasteiger partial charge in [-0.2, -0.15) is 0 Å². The van der Waals surface area contributed by atoms with E-state index in [1.807, 2.05) is 17.9 Å². The van der Waals surface area contributed by atoms with E-state index in [-0.39, 0.29) is 11.8 Å². The van der Waals surface area contributed by atoms with Gasteiger partial charge in [0.15, 0.2) is 0 Å². The number of hydrogen-bond donors (Lipinski definition) is 0. The predicted octanol–water partition coefficient (Wildman–Crippen LogP) is 1.73. The zero-order chi connectivity index (χ0) is 16.0. The Kier molecular flexibility index (Phi) is 3.36. The van der Waals surface area contributed by atoms with Gasteiger partial charge in [0.1, 0.15) is 11.4 Å². The Labute approximate surface area is 136 Å². The highest BCUT2D eigenvalue weighted by Gasteiger charge is 2.60. The minimum Gasteiger partial charge on any atom is -0.340 e. The number of anilines is 1. The molecule has 1 aliphatic carbocycles. The third-order valence-corrected chi connectivity index (χ3v) is 5.67. The highest BCUT2D eigenvalue weighted by Crippen LogP contribution is 2.50. The van der Waals surface area contributed by atoms with Crippen molar-refractivity contribution in [1.82, 2.24) is 14.9 Å². The molecular formula is C17H23N5O. The van der Waals surface area contributed by atoms with Gasteiger partial charge in [-0.15, -0.1) is 0 Å². The molecule has 3 atom stereocenters. The predicted molar refractivity (Wildman–Crippen MR) is 88.3 cm³/mol. The maximum Gasteiger partial charge on any atom is 0.256 e. The SMILES string of the molecule is CCC1=N[C@]2(CC[C@H]3CN(c4ncccn4)C[C@H]32)C(=O)N1CC. The number of nitrogens with zero attached hydrogens (tertiary/aromatic N) is 5. The maximum atomic E-state index is 13.1. The standard InChI is InChI=1S/C17H23N5O/c1-3-14-20-17(15(23)22(14)4-2)7-6-12-10-21(11-13(12)17)16-18-8-5-9-19-16/h5,8-9,12-13H,3-4,6-7,10-11H2,1-2H3/t12-,13+,17-/m0/s1. The summed E-state index contributed by atoms with van der Waals surface area (Å²) in [6.07, 6.45) is 6.34. The Morgan fingerprint density at radius 3 is 2.70 bits per heavy atom. The van der Waals surface area contributed by atoms with E-state index in [1.165, 1.54) is 0 Å². The molecule has 3 aliphatic rings. The normalized spacial score (nSPS) is 32.8. The van der Waals surface area contributed by atoms with Crippen LogP contribution >= 0.6 is 0 Å². The van der Waals surface area contributed by atoms with Gasteiger partial charge in [0.05, 0.1) is 0 Å². The Morgan fingerprint density at radius 2 is 2.04 bits per heavy atom. The zero-order valence-corrected chi connectivity index (χ0v) is 13.8. The summed E-state index contributed by atoms with van der Waals surface area (Å²) in [6, 6.07) is 1.83. The van der Waals surface area contributed by atoms with E-state index in [1.54, 1.807) is 12.4 Å². The molecule has 0 bridgehead atoms.